The van der Waals surface area contributed by atoms with Crippen LogP contribution in [-0.4, -0.2) is 53.1 Å². The smallest absolute Gasteiger partial charge is 0.325 e. The van der Waals surface area contributed by atoms with Crippen LogP contribution >= 0.6 is 0 Å². The molecule has 1 atom stereocenters. The number of hydrogen-bond acceptors (Lipinski definition) is 3. The van der Waals surface area contributed by atoms with E-state index in [0.717, 1.165) is 0 Å². The summed E-state index contributed by atoms with van der Waals surface area (Å²) >= 11 is 0. The number of rotatable bonds is 3. The van der Waals surface area contributed by atoms with E-state index in [0.29, 0.717) is 25.9 Å². The van der Waals surface area contributed by atoms with Crippen LogP contribution in [0.1, 0.15) is 26.7 Å². The highest BCUT2D eigenvalue weighted by Gasteiger charge is 2.25. The molecule has 0 aromatic carbocycles. The Hall–Kier alpha value is -1.79. The van der Waals surface area contributed by atoms with Gasteiger partial charge in [0.25, 0.3) is 0 Å². The molecule has 1 aliphatic heterocycles. The molecule has 7 nitrogen and oxygen atoms in total. The van der Waals surface area contributed by atoms with E-state index in [1.54, 1.807) is 4.90 Å². The number of carbonyl (C=O) groups excluding carboxylic acids is 2. The first-order valence-corrected chi connectivity index (χ1v) is 5.95. The van der Waals surface area contributed by atoms with E-state index in [2.05, 4.69) is 10.6 Å². The lowest BCUT2D eigenvalue weighted by Gasteiger charge is -2.32. The first-order valence-electron chi connectivity index (χ1n) is 5.95. The Morgan fingerprint density at radius 1 is 1.28 bits per heavy atom. The van der Waals surface area contributed by atoms with Gasteiger partial charge in [0.15, 0.2) is 0 Å². The Kier molecular flexibility index (Phi) is 4.94. The van der Waals surface area contributed by atoms with E-state index in [4.69, 9.17) is 5.11 Å². The lowest BCUT2D eigenvalue weighted by atomic mass is 10.1. The van der Waals surface area contributed by atoms with E-state index in [1.807, 2.05) is 0 Å². The Bertz CT molecular complexity index is 337. The molecule has 0 bridgehead atoms. The number of nitrogens with one attached hydrogen (secondary N) is 2. The summed E-state index contributed by atoms with van der Waals surface area (Å²) in [5.74, 6) is -1.13. The van der Waals surface area contributed by atoms with Crippen molar-refractivity contribution in [1.82, 2.24) is 15.5 Å². The number of urea groups is 1. The van der Waals surface area contributed by atoms with Gasteiger partial charge >= 0.3 is 12.0 Å². The number of carboxylic acid groups (broad SMARTS) is 1. The molecular weight excluding hydrogens is 238 g/mol. The van der Waals surface area contributed by atoms with Crippen molar-refractivity contribution in [3.8, 4) is 0 Å². The molecule has 1 rings (SSSR count). The van der Waals surface area contributed by atoms with E-state index >= 15 is 0 Å². The van der Waals surface area contributed by atoms with Gasteiger partial charge in [-0.15, -0.1) is 0 Å². The highest BCUT2D eigenvalue weighted by atomic mass is 16.4. The summed E-state index contributed by atoms with van der Waals surface area (Å²) in [5, 5.41) is 13.9. The molecular formula is C11H19N3O4. The first kappa shape index (κ1) is 14.3. The monoisotopic (exact) mass is 257 g/mol. The summed E-state index contributed by atoms with van der Waals surface area (Å²) in [7, 11) is 0. The summed E-state index contributed by atoms with van der Waals surface area (Å²) < 4.78 is 0. The molecule has 0 radical (unpaired) electrons. The maximum Gasteiger partial charge on any atom is 0.325 e. The summed E-state index contributed by atoms with van der Waals surface area (Å²) in [4.78, 5) is 34.8. The maximum absolute atomic E-state index is 11.7. The van der Waals surface area contributed by atoms with Gasteiger partial charge in [0, 0.05) is 26.1 Å². The van der Waals surface area contributed by atoms with Crippen molar-refractivity contribution in [3.63, 3.8) is 0 Å². The fourth-order valence-electron chi connectivity index (χ4n) is 1.85. The number of carbonyl (C=O) groups is 3. The quantitative estimate of drug-likeness (QED) is 0.650. The van der Waals surface area contributed by atoms with Gasteiger partial charge in [0.2, 0.25) is 5.91 Å². The van der Waals surface area contributed by atoms with Crippen molar-refractivity contribution in [1.29, 1.82) is 0 Å². The van der Waals surface area contributed by atoms with Crippen LogP contribution < -0.4 is 10.6 Å². The van der Waals surface area contributed by atoms with Crippen LogP contribution in [0.3, 0.4) is 0 Å². The molecule has 3 N–H and O–H groups in total. The predicted molar refractivity (Wildman–Crippen MR) is 64.0 cm³/mol. The second kappa shape index (κ2) is 6.23. The Balaban J connectivity index is 2.36. The minimum absolute atomic E-state index is 0.0719. The number of hydrogen-bond donors (Lipinski definition) is 3. The van der Waals surface area contributed by atoms with Crippen molar-refractivity contribution in [2.45, 2.75) is 38.8 Å². The third-order valence-corrected chi connectivity index (χ3v) is 2.90. The van der Waals surface area contributed by atoms with Crippen LogP contribution in [0.25, 0.3) is 0 Å². The van der Waals surface area contributed by atoms with Crippen LogP contribution in [0.4, 0.5) is 4.79 Å². The largest absolute Gasteiger partial charge is 0.480 e. The van der Waals surface area contributed by atoms with E-state index in [-0.39, 0.29) is 18.0 Å². The zero-order chi connectivity index (χ0) is 13.7. The Morgan fingerprint density at radius 2 is 1.83 bits per heavy atom. The maximum atomic E-state index is 11.7. The van der Waals surface area contributed by atoms with Gasteiger partial charge in [-0.3, -0.25) is 9.59 Å². The second-order valence-electron chi connectivity index (χ2n) is 4.47. The molecule has 18 heavy (non-hydrogen) atoms. The van der Waals surface area contributed by atoms with Crippen LogP contribution in [0.2, 0.25) is 0 Å². The van der Waals surface area contributed by atoms with Gasteiger partial charge in [-0.25, -0.2) is 4.79 Å². The summed E-state index contributed by atoms with van der Waals surface area (Å²) in [6.45, 7) is 3.92. The van der Waals surface area contributed by atoms with Crippen molar-refractivity contribution < 1.29 is 19.5 Å². The molecule has 0 aromatic rings. The number of amides is 3. The number of nitrogens with zero attached hydrogens (tertiary/aromatic N) is 1. The fraction of sp³-hybridized carbons (Fsp3) is 0.727. The van der Waals surface area contributed by atoms with Crippen LogP contribution in [0.5, 0.6) is 0 Å². The molecule has 0 saturated carbocycles. The third kappa shape index (κ3) is 4.23. The highest BCUT2D eigenvalue weighted by Crippen LogP contribution is 2.10. The second-order valence-corrected chi connectivity index (χ2v) is 4.47. The molecule has 1 aliphatic rings. The van der Waals surface area contributed by atoms with Gasteiger partial charge in [-0.05, 0) is 19.8 Å². The van der Waals surface area contributed by atoms with Gasteiger partial charge in [0.1, 0.15) is 6.04 Å². The van der Waals surface area contributed by atoms with E-state index < -0.39 is 12.0 Å². The fourth-order valence-corrected chi connectivity index (χ4v) is 1.85. The predicted octanol–water partition coefficient (Wildman–Crippen LogP) is -0.230. The topological polar surface area (TPSA) is 98.7 Å². The van der Waals surface area contributed by atoms with E-state index in [9.17, 15) is 14.4 Å². The van der Waals surface area contributed by atoms with Crippen molar-refractivity contribution in [3.05, 3.63) is 0 Å². The zero-order valence-electron chi connectivity index (χ0n) is 10.6. The number of likely N-dealkylation sites (tertiary alicyclic amines) is 1. The molecule has 1 heterocycles. The van der Waals surface area contributed by atoms with Gasteiger partial charge < -0.3 is 20.6 Å². The first-order chi connectivity index (χ1) is 8.40. The molecule has 0 spiro atoms. The third-order valence-electron chi connectivity index (χ3n) is 2.90. The average Bonchev–Trinajstić information content (AvgIpc) is 2.28. The van der Waals surface area contributed by atoms with Crippen LogP contribution in [0, 0.1) is 0 Å². The van der Waals surface area contributed by atoms with Crippen molar-refractivity contribution in [2.24, 2.45) is 0 Å². The number of carboxylic acids is 1. The van der Waals surface area contributed by atoms with Crippen molar-refractivity contribution >= 4 is 17.9 Å². The zero-order valence-corrected chi connectivity index (χ0v) is 10.6. The van der Waals surface area contributed by atoms with Gasteiger partial charge in [0.05, 0.1) is 0 Å². The SMILES string of the molecule is CC(=O)NC1CCN(C(=O)NC(C)C(=O)O)CC1. The molecule has 7 heteroatoms. The average molecular weight is 257 g/mol. The summed E-state index contributed by atoms with van der Waals surface area (Å²) in [5.41, 5.74) is 0. The van der Waals surface area contributed by atoms with E-state index in [1.165, 1.54) is 13.8 Å². The summed E-state index contributed by atoms with van der Waals surface area (Å²) in [6, 6.07) is -1.17. The van der Waals surface area contributed by atoms with Crippen molar-refractivity contribution in [2.75, 3.05) is 13.1 Å². The molecule has 1 saturated heterocycles. The standard InChI is InChI=1S/C11H19N3O4/c1-7(10(16)17)12-11(18)14-5-3-9(4-6-14)13-8(2)15/h7,9H,3-6H2,1-2H3,(H,12,18)(H,13,15)(H,16,17). The molecule has 1 fully saturated rings. The molecule has 3 amide bonds. The highest BCUT2D eigenvalue weighted by molar-refractivity contribution is 5.82. The molecule has 0 aromatic heterocycles. The molecule has 1 unspecified atom stereocenters. The van der Waals surface area contributed by atoms with Crippen LogP contribution in [-0.2, 0) is 9.59 Å². The van der Waals surface area contributed by atoms with Gasteiger partial charge in [-0.2, -0.15) is 0 Å². The minimum Gasteiger partial charge on any atom is -0.480 e. The van der Waals surface area contributed by atoms with Crippen LogP contribution in [0.15, 0.2) is 0 Å². The Morgan fingerprint density at radius 3 is 2.28 bits per heavy atom. The Labute approximate surface area is 106 Å². The number of piperidine rings is 1. The number of aliphatic carboxylic acids is 1. The normalized spacial score (nSPS) is 18.0. The molecule has 0 aliphatic carbocycles. The minimum atomic E-state index is -1.06. The van der Waals surface area contributed by atoms with Gasteiger partial charge in [-0.1, -0.05) is 0 Å². The molecule has 102 valence electrons. The lowest BCUT2D eigenvalue weighted by Crippen LogP contribution is -2.51. The summed E-state index contributed by atoms with van der Waals surface area (Å²) in [6.07, 6.45) is 1.38. The lowest BCUT2D eigenvalue weighted by molar-refractivity contribution is -0.138.